The van der Waals surface area contributed by atoms with Crippen molar-refractivity contribution in [3.8, 4) is 24.7 Å². The van der Waals surface area contributed by atoms with Crippen molar-refractivity contribution < 1.29 is 9.47 Å². The van der Waals surface area contributed by atoms with E-state index >= 15 is 0 Å². The molecule has 0 saturated carbocycles. The van der Waals surface area contributed by atoms with Crippen molar-refractivity contribution >= 4 is 0 Å². The summed E-state index contributed by atoms with van der Waals surface area (Å²) < 4.78 is 10.6. The Balaban J connectivity index is 2.19. The van der Waals surface area contributed by atoms with E-state index in [-0.39, 0.29) is 12.2 Å². The molecule has 0 aliphatic heterocycles. The maximum atomic E-state index is 5.31. The van der Waals surface area contributed by atoms with Gasteiger partial charge in [-0.05, 0) is 0 Å². The Morgan fingerprint density at radius 1 is 1.08 bits per heavy atom. The van der Waals surface area contributed by atoms with Gasteiger partial charge in [-0.3, -0.25) is 0 Å². The van der Waals surface area contributed by atoms with Crippen molar-refractivity contribution in [2.75, 3.05) is 13.2 Å². The average molecular weight is 176 g/mol. The third-order valence-corrected chi connectivity index (χ3v) is 1.77. The minimum absolute atomic E-state index is 0.0822. The van der Waals surface area contributed by atoms with E-state index in [0.29, 0.717) is 13.2 Å². The molecule has 0 saturated heterocycles. The molecule has 0 aromatic rings. The molecule has 0 N–H and O–H groups in total. The summed E-state index contributed by atoms with van der Waals surface area (Å²) in [5, 5.41) is 0. The van der Waals surface area contributed by atoms with E-state index in [1.54, 1.807) is 0 Å². The van der Waals surface area contributed by atoms with Gasteiger partial charge in [0.25, 0.3) is 0 Å². The Labute approximate surface area is 78.9 Å². The van der Waals surface area contributed by atoms with Gasteiger partial charge in [-0.2, -0.15) is 0 Å². The monoisotopic (exact) mass is 176 g/mol. The van der Waals surface area contributed by atoms with E-state index in [0.717, 1.165) is 6.42 Å². The van der Waals surface area contributed by atoms with Crippen LogP contribution in [0.2, 0.25) is 0 Å². The van der Waals surface area contributed by atoms with Crippen molar-refractivity contribution in [2.45, 2.75) is 18.6 Å². The van der Waals surface area contributed by atoms with E-state index in [1.807, 2.05) is 12.2 Å². The predicted octanol–water partition coefficient (Wildman–Crippen LogP) is 0.983. The highest BCUT2D eigenvalue weighted by molar-refractivity contribution is 5.05. The van der Waals surface area contributed by atoms with Crippen LogP contribution in [0.5, 0.6) is 0 Å². The summed E-state index contributed by atoms with van der Waals surface area (Å²) >= 11 is 0. The molecule has 0 fully saturated rings. The molecule has 1 aliphatic rings. The molecule has 0 amide bonds. The Morgan fingerprint density at radius 2 is 1.54 bits per heavy atom. The third kappa shape index (κ3) is 3.34. The summed E-state index contributed by atoms with van der Waals surface area (Å²) in [6.45, 7) is 0.688. The zero-order valence-corrected chi connectivity index (χ0v) is 7.40. The highest BCUT2D eigenvalue weighted by Crippen LogP contribution is 2.16. The van der Waals surface area contributed by atoms with Crippen molar-refractivity contribution in [3.63, 3.8) is 0 Å². The first-order valence-corrected chi connectivity index (χ1v) is 4.15. The number of ether oxygens (including phenoxy) is 2. The van der Waals surface area contributed by atoms with Gasteiger partial charge in [0.2, 0.25) is 0 Å². The van der Waals surface area contributed by atoms with Crippen LogP contribution < -0.4 is 0 Å². The normalized spacial score (nSPS) is 25.4. The lowest BCUT2D eigenvalue weighted by atomic mass is 10.3. The van der Waals surface area contributed by atoms with Crippen LogP contribution in [0.25, 0.3) is 0 Å². The van der Waals surface area contributed by atoms with E-state index < -0.39 is 0 Å². The quantitative estimate of drug-likeness (QED) is 0.469. The fourth-order valence-electron chi connectivity index (χ4n) is 1.19. The minimum Gasteiger partial charge on any atom is -0.361 e. The summed E-state index contributed by atoms with van der Waals surface area (Å²) in [5.41, 5.74) is 0. The van der Waals surface area contributed by atoms with Crippen LogP contribution in [0.15, 0.2) is 12.2 Å². The van der Waals surface area contributed by atoms with Gasteiger partial charge < -0.3 is 9.47 Å². The van der Waals surface area contributed by atoms with Gasteiger partial charge in [-0.1, -0.05) is 24.0 Å². The molecule has 0 aromatic carbocycles. The Bertz CT molecular complexity index is 228. The molecule has 1 aliphatic carbocycles. The molecule has 0 unspecified atom stereocenters. The van der Waals surface area contributed by atoms with Gasteiger partial charge >= 0.3 is 0 Å². The van der Waals surface area contributed by atoms with Crippen LogP contribution in [0.3, 0.4) is 0 Å². The largest absolute Gasteiger partial charge is 0.361 e. The van der Waals surface area contributed by atoms with Gasteiger partial charge in [0, 0.05) is 6.42 Å². The predicted molar refractivity (Wildman–Crippen MR) is 50.9 cm³/mol. The second kappa shape index (κ2) is 5.43. The fourth-order valence-corrected chi connectivity index (χ4v) is 1.19. The lowest BCUT2D eigenvalue weighted by Gasteiger charge is -2.10. The number of hydrogen-bond acceptors (Lipinski definition) is 2. The summed E-state index contributed by atoms with van der Waals surface area (Å²) in [7, 11) is 0. The maximum Gasteiger partial charge on any atom is 0.108 e. The van der Waals surface area contributed by atoms with Gasteiger partial charge in [0.15, 0.2) is 0 Å². The summed E-state index contributed by atoms with van der Waals surface area (Å²) in [6, 6.07) is 0. The number of terminal acetylenes is 2. The first-order chi connectivity index (χ1) is 6.36. The fraction of sp³-hybridized carbons (Fsp3) is 0.455. The topological polar surface area (TPSA) is 18.5 Å². The molecule has 0 spiro atoms. The lowest BCUT2D eigenvalue weighted by molar-refractivity contribution is 0.0565. The summed E-state index contributed by atoms with van der Waals surface area (Å²) in [5.74, 6) is 4.85. The van der Waals surface area contributed by atoms with E-state index in [4.69, 9.17) is 22.3 Å². The Kier molecular flexibility index (Phi) is 4.12. The highest BCUT2D eigenvalue weighted by Gasteiger charge is 2.18. The van der Waals surface area contributed by atoms with Crippen molar-refractivity contribution in [3.05, 3.63) is 12.2 Å². The van der Waals surface area contributed by atoms with Crippen molar-refractivity contribution in [1.29, 1.82) is 0 Å². The standard InChI is InChI=1S/C11H12O2/c1-3-7-12-10-5-6-11(9-10)13-8-4-2/h1-2,5-6,10-11H,7-9H2/t10-,11+. The van der Waals surface area contributed by atoms with Crippen LogP contribution in [0.4, 0.5) is 0 Å². The molecular formula is C11H12O2. The second-order valence-corrected chi connectivity index (χ2v) is 2.73. The average Bonchev–Trinajstić information content (AvgIpc) is 2.59. The Hall–Kier alpha value is -1.22. The van der Waals surface area contributed by atoms with Gasteiger partial charge in [-0.15, -0.1) is 12.8 Å². The zero-order valence-electron chi connectivity index (χ0n) is 7.40. The molecule has 13 heavy (non-hydrogen) atoms. The summed E-state index contributed by atoms with van der Waals surface area (Å²) in [4.78, 5) is 0. The van der Waals surface area contributed by atoms with Crippen LogP contribution in [-0.2, 0) is 9.47 Å². The highest BCUT2D eigenvalue weighted by atomic mass is 16.5. The van der Waals surface area contributed by atoms with Crippen molar-refractivity contribution in [1.82, 2.24) is 0 Å². The molecular weight excluding hydrogens is 164 g/mol. The molecule has 1 rings (SSSR count). The minimum atomic E-state index is 0.0822. The van der Waals surface area contributed by atoms with Gasteiger partial charge in [0.1, 0.15) is 13.2 Å². The van der Waals surface area contributed by atoms with Crippen LogP contribution in [-0.4, -0.2) is 25.4 Å². The molecule has 2 atom stereocenters. The SMILES string of the molecule is C#CCO[C@@H]1C=C[C@H](OCC#C)C1. The maximum absolute atomic E-state index is 5.31. The first kappa shape index (κ1) is 9.86. The van der Waals surface area contributed by atoms with Crippen LogP contribution in [0, 0.1) is 24.7 Å². The zero-order chi connectivity index (χ0) is 9.52. The smallest absolute Gasteiger partial charge is 0.108 e. The molecule has 0 radical (unpaired) electrons. The Morgan fingerprint density at radius 3 is 1.92 bits per heavy atom. The van der Waals surface area contributed by atoms with E-state index in [9.17, 15) is 0 Å². The van der Waals surface area contributed by atoms with Crippen LogP contribution >= 0.6 is 0 Å². The molecule has 68 valence electrons. The third-order valence-electron chi connectivity index (χ3n) is 1.77. The van der Waals surface area contributed by atoms with E-state index in [1.165, 1.54) is 0 Å². The number of rotatable bonds is 4. The van der Waals surface area contributed by atoms with Gasteiger partial charge in [-0.25, -0.2) is 0 Å². The van der Waals surface area contributed by atoms with Gasteiger partial charge in [0.05, 0.1) is 12.2 Å². The summed E-state index contributed by atoms with van der Waals surface area (Å²) in [6.07, 6.45) is 15.0. The molecule has 2 heteroatoms. The second-order valence-electron chi connectivity index (χ2n) is 2.73. The first-order valence-electron chi connectivity index (χ1n) is 4.15. The van der Waals surface area contributed by atoms with Crippen LogP contribution in [0.1, 0.15) is 6.42 Å². The molecule has 0 bridgehead atoms. The lowest BCUT2D eigenvalue weighted by Crippen LogP contribution is -2.14. The van der Waals surface area contributed by atoms with E-state index in [2.05, 4.69) is 11.8 Å². The van der Waals surface area contributed by atoms with Crippen molar-refractivity contribution in [2.24, 2.45) is 0 Å². The molecule has 2 nitrogen and oxygen atoms in total. The molecule has 0 aromatic heterocycles. The number of hydrogen-bond donors (Lipinski definition) is 0. The molecule has 0 heterocycles.